The standard InChI is InChI=1S/C22H32N4O3/c1-7-9-21(28)25(8-2)15-20(27)23-19-14-18(22(3,4)5)24-26(19)16-10-12-17(29-6)13-11-16/h10-14H,7-9,15H2,1-6H3,(H,23,27). The van der Waals surface area contributed by atoms with Crippen LogP contribution in [0, 0.1) is 0 Å². The molecule has 0 fully saturated rings. The van der Waals surface area contributed by atoms with E-state index in [1.807, 2.05) is 44.2 Å². The zero-order chi connectivity index (χ0) is 21.6. The Bertz CT molecular complexity index is 835. The fraction of sp³-hybridized carbons (Fsp3) is 0.500. The van der Waals surface area contributed by atoms with Gasteiger partial charge in [0, 0.05) is 24.4 Å². The highest BCUT2D eigenvalue weighted by atomic mass is 16.5. The predicted molar refractivity (Wildman–Crippen MR) is 115 cm³/mol. The summed E-state index contributed by atoms with van der Waals surface area (Å²) in [7, 11) is 1.62. The van der Waals surface area contributed by atoms with E-state index in [0.717, 1.165) is 23.6 Å². The third-order valence-corrected chi connectivity index (χ3v) is 4.60. The Morgan fingerprint density at radius 1 is 1.17 bits per heavy atom. The number of aromatic nitrogens is 2. The van der Waals surface area contributed by atoms with E-state index in [1.54, 1.807) is 16.7 Å². The Balaban J connectivity index is 2.29. The maximum Gasteiger partial charge on any atom is 0.245 e. The Morgan fingerprint density at radius 2 is 1.83 bits per heavy atom. The Kier molecular flexibility index (Phi) is 7.42. The van der Waals surface area contributed by atoms with E-state index in [9.17, 15) is 9.59 Å². The average molecular weight is 401 g/mol. The van der Waals surface area contributed by atoms with Gasteiger partial charge in [-0.2, -0.15) is 5.10 Å². The summed E-state index contributed by atoms with van der Waals surface area (Å²) in [4.78, 5) is 26.4. The highest BCUT2D eigenvalue weighted by Crippen LogP contribution is 2.27. The van der Waals surface area contributed by atoms with Crippen molar-refractivity contribution in [2.75, 3.05) is 25.5 Å². The van der Waals surface area contributed by atoms with Gasteiger partial charge in [0.1, 0.15) is 11.6 Å². The van der Waals surface area contributed by atoms with Crippen LogP contribution in [0.4, 0.5) is 5.82 Å². The second kappa shape index (κ2) is 9.58. The maximum atomic E-state index is 12.7. The summed E-state index contributed by atoms with van der Waals surface area (Å²) in [6.07, 6.45) is 1.20. The first-order valence-electron chi connectivity index (χ1n) is 10.0. The smallest absolute Gasteiger partial charge is 0.245 e. The molecule has 0 bridgehead atoms. The largest absolute Gasteiger partial charge is 0.497 e. The minimum atomic E-state index is -0.244. The highest BCUT2D eigenvalue weighted by Gasteiger charge is 2.22. The van der Waals surface area contributed by atoms with E-state index in [0.29, 0.717) is 18.8 Å². The molecule has 29 heavy (non-hydrogen) atoms. The summed E-state index contributed by atoms with van der Waals surface area (Å²) in [5.41, 5.74) is 1.49. The summed E-state index contributed by atoms with van der Waals surface area (Å²) in [6, 6.07) is 9.35. The van der Waals surface area contributed by atoms with Crippen molar-refractivity contribution in [3.05, 3.63) is 36.0 Å². The molecular formula is C22H32N4O3. The number of hydrogen-bond donors (Lipinski definition) is 1. The molecule has 0 spiro atoms. The number of ether oxygens (including phenoxy) is 1. The molecule has 7 nitrogen and oxygen atoms in total. The molecule has 1 heterocycles. The van der Waals surface area contributed by atoms with Crippen LogP contribution in [0.5, 0.6) is 5.75 Å². The maximum absolute atomic E-state index is 12.7. The van der Waals surface area contributed by atoms with E-state index < -0.39 is 0 Å². The second-order valence-corrected chi connectivity index (χ2v) is 7.98. The molecule has 0 saturated heterocycles. The number of hydrogen-bond acceptors (Lipinski definition) is 4. The molecule has 1 aromatic carbocycles. The van der Waals surface area contributed by atoms with Crippen LogP contribution in [0.3, 0.4) is 0 Å². The normalized spacial score (nSPS) is 11.2. The SMILES string of the molecule is CCCC(=O)N(CC)CC(=O)Nc1cc(C(C)(C)C)nn1-c1ccc(OC)cc1. The fourth-order valence-corrected chi connectivity index (χ4v) is 2.86. The lowest BCUT2D eigenvalue weighted by molar-refractivity contribution is -0.134. The molecule has 158 valence electrons. The molecule has 2 amide bonds. The van der Waals surface area contributed by atoms with Crippen LogP contribution in [0.15, 0.2) is 30.3 Å². The van der Waals surface area contributed by atoms with Gasteiger partial charge in [0.15, 0.2) is 0 Å². The summed E-state index contributed by atoms with van der Waals surface area (Å²) in [6.45, 7) is 10.6. The minimum Gasteiger partial charge on any atom is -0.497 e. The van der Waals surface area contributed by atoms with Gasteiger partial charge in [-0.1, -0.05) is 27.7 Å². The molecule has 1 N–H and O–H groups in total. The van der Waals surface area contributed by atoms with Gasteiger partial charge < -0.3 is 15.0 Å². The lowest BCUT2D eigenvalue weighted by atomic mass is 9.92. The molecule has 0 aliphatic heterocycles. The fourth-order valence-electron chi connectivity index (χ4n) is 2.86. The molecule has 0 aliphatic carbocycles. The summed E-state index contributed by atoms with van der Waals surface area (Å²) in [5.74, 6) is 1.07. The van der Waals surface area contributed by atoms with Crippen LogP contribution < -0.4 is 10.1 Å². The van der Waals surface area contributed by atoms with Crippen LogP contribution in [0.25, 0.3) is 5.69 Å². The number of rotatable bonds is 8. The van der Waals surface area contributed by atoms with Crippen molar-refractivity contribution in [3.63, 3.8) is 0 Å². The van der Waals surface area contributed by atoms with E-state index in [4.69, 9.17) is 9.84 Å². The zero-order valence-electron chi connectivity index (χ0n) is 18.3. The van der Waals surface area contributed by atoms with Crippen LogP contribution >= 0.6 is 0 Å². The van der Waals surface area contributed by atoms with Gasteiger partial charge in [0.25, 0.3) is 0 Å². The molecule has 1 aromatic heterocycles. The molecule has 0 atom stereocenters. The second-order valence-electron chi connectivity index (χ2n) is 7.98. The molecule has 0 aliphatic rings. The van der Waals surface area contributed by atoms with E-state index >= 15 is 0 Å². The summed E-state index contributed by atoms with van der Waals surface area (Å²) in [5, 5.41) is 7.63. The zero-order valence-corrected chi connectivity index (χ0v) is 18.3. The number of nitrogens with zero attached hydrogens (tertiary/aromatic N) is 3. The molecule has 2 aromatic rings. The number of amides is 2. The summed E-state index contributed by atoms with van der Waals surface area (Å²) >= 11 is 0. The molecule has 7 heteroatoms. The monoisotopic (exact) mass is 400 g/mol. The number of nitrogens with one attached hydrogen (secondary N) is 1. The number of benzene rings is 1. The van der Waals surface area contributed by atoms with Crippen molar-refractivity contribution in [1.29, 1.82) is 0 Å². The number of carbonyl (C=O) groups is 2. The lowest BCUT2D eigenvalue weighted by Crippen LogP contribution is -2.37. The quantitative estimate of drug-likeness (QED) is 0.732. The van der Waals surface area contributed by atoms with Crippen molar-refractivity contribution in [2.45, 2.75) is 52.9 Å². The van der Waals surface area contributed by atoms with Gasteiger partial charge in [0.2, 0.25) is 11.8 Å². The van der Waals surface area contributed by atoms with Gasteiger partial charge >= 0.3 is 0 Å². The van der Waals surface area contributed by atoms with Gasteiger partial charge in [-0.25, -0.2) is 4.68 Å². The van der Waals surface area contributed by atoms with E-state index in [2.05, 4.69) is 26.1 Å². The molecule has 0 radical (unpaired) electrons. The van der Waals surface area contributed by atoms with E-state index in [-0.39, 0.29) is 23.8 Å². The number of likely N-dealkylation sites (N-methyl/N-ethyl adjacent to an activating group) is 1. The number of methoxy groups -OCH3 is 1. The Hall–Kier alpha value is -2.83. The molecule has 0 unspecified atom stereocenters. The van der Waals surface area contributed by atoms with Crippen LogP contribution in [0.1, 0.15) is 53.2 Å². The Labute approximate surface area is 173 Å². The topological polar surface area (TPSA) is 76.5 Å². The first kappa shape index (κ1) is 22.5. The highest BCUT2D eigenvalue weighted by molar-refractivity contribution is 5.94. The molecule has 0 saturated carbocycles. The van der Waals surface area contributed by atoms with Gasteiger partial charge in [-0.05, 0) is 37.6 Å². The van der Waals surface area contributed by atoms with Crippen LogP contribution in [-0.2, 0) is 15.0 Å². The lowest BCUT2D eigenvalue weighted by Gasteiger charge is -2.20. The van der Waals surface area contributed by atoms with Crippen molar-refractivity contribution < 1.29 is 14.3 Å². The van der Waals surface area contributed by atoms with Gasteiger partial charge in [-0.15, -0.1) is 0 Å². The van der Waals surface area contributed by atoms with Crippen molar-refractivity contribution in [2.24, 2.45) is 0 Å². The van der Waals surface area contributed by atoms with Crippen LogP contribution in [-0.4, -0.2) is 46.7 Å². The van der Waals surface area contributed by atoms with Gasteiger partial charge in [0.05, 0.1) is 25.0 Å². The molecule has 2 rings (SSSR count). The number of anilines is 1. The van der Waals surface area contributed by atoms with Crippen molar-refractivity contribution >= 4 is 17.6 Å². The average Bonchev–Trinajstić information content (AvgIpc) is 3.10. The predicted octanol–water partition coefficient (Wildman–Crippen LogP) is 3.77. The summed E-state index contributed by atoms with van der Waals surface area (Å²) < 4.78 is 6.93. The Morgan fingerprint density at radius 3 is 2.34 bits per heavy atom. The van der Waals surface area contributed by atoms with Gasteiger partial charge in [-0.3, -0.25) is 9.59 Å². The first-order chi connectivity index (χ1) is 13.7. The van der Waals surface area contributed by atoms with Crippen LogP contribution in [0.2, 0.25) is 0 Å². The first-order valence-corrected chi connectivity index (χ1v) is 10.0. The third-order valence-electron chi connectivity index (χ3n) is 4.60. The van der Waals surface area contributed by atoms with Crippen molar-refractivity contribution in [1.82, 2.24) is 14.7 Å². The molecular weight excluding hydrogens is 368 g/mol. The number of carbonyl (C=O) groups excluding carboxylic acids is 2. The van der Waals surface area contributed by atoms with Crippen molar-refractivity contribution in [3.8, 4) is 11.4 Å². The third kappa shape index (κ3) is 5.82. The van der Waals surface area contributed by atoms with E-state index in [1.165, 1.54) is 0 Å². The minimum absolute atomic E-state index is 0.0100.